The van der Waals surface area contributed by atoms with Crippen molar-refractivity contribution in [2.24, 2.45) is 0 Å². The number of pyridine rings is 1. The van der Waals surface area contributed by atoms with Gasteiger partial charge in [-0.15, -0.1) is 0 Å². The third kappa shape index (κ3) is 5.30. The maximum atomic E-state index is 11.9. The number of aromatic nitrogens is 1. The molecule has 1 saturated carbocycles. The van der Waals surface area contributed by atoms with Gasteiger partial charge in [-0.1, -0.05) is 6.42 Å². The second-order valence-corrected chi connectivity index (χ2v) is 7.52. The molecule has 1 fully saturated rings. The van der Waals surface area contributed by atoms with E-state index in [4.69, 9.17) is 4.74 Å². The van der Waals surface area contributed by atoms with Crippen LogP contribution in [0.5, 0.6) is 0 Å². The molecule has 1 amide bonds. The number of rotatable bonds is 2. The topological polar surface area (TPSA) is 51.2 Å². The van der Waals surface area contributed by atoms with Gasteiger partial charge < -0.3 is 10.1 Å². The Morgan fingerprint density at radius 2 is 2.14 bits per heavy atom. The Balaban J connectivity index is 1.91. The van der Waals surface area contributed by atoms with Crippen molar-refractivity contribution in [1.29, 1.82) is 0 Å². The monoisotopic (exact) mass is 354 g/mol. The van der Waals surface area contributed by atoms with Crippen molar-refractivity contribution in [2.45, 2.75) is 64.0 Å². The average Bonchev–Trinajstić information content (AvgIpc) is 2.37. The molecule has 2 unspecified atom stereocenters. The van der Waals surface area contributed by atoms with Crippen LogP contribution in [-0.4, -0.2) is 22.7 Å². The number of amides is 1. The minimum absolute atomic E-state index is 0.170. The van der Waals surface area contributed by atoms with Crippen LogP contribution in [0.2, 0.25) is 0 Å². The molecule has 1 heterocycles. The maximum absolute atomic E-state index is 11.9. The van der Waals surface area contributed by atoms with Crippen molar-refractivity contribution in [3.63, 3.8) is 0 Å². The number of halogens is 1. The van der Waals surface area contributed by atoms with Crippen LogP contribution in [0.1, 0.15) is 58.1 Å². The first-order chi connectivity index (χ1) is 9.83. The molecular weight excluding hydrogens is 332 g/mol. The largest absolute Gasteiger partial charge is 0.444 e. The first-order valence-corrected chi connectivity index (χ1v) is 8.24. The second kappa shape index (κ2) is 6.77. The Bertz CT molecular complexity index is 482. The Morgan fingerprint density at radius 3 is 2.76 bits per heavy atom. The van der Waals surface area contributed by atoms with Gasteiger partial charge in [0, 0.05) is 28.3 Å². The first kappa shape index (κ1) is 16.3. The number of carbonyl (C=O) groups is 1. The van der Waals surface area contributed by atoms with E-state index < -0.39 is 5.60 Å². The van der Waals surface area contributed by atoms with E-state index in [2.05, 4.69) is 32.3 Å². The number of carbonyl (C=O) groups excluding carboxylic acids is 1. The highest BCUT2D eigenvalue weighted by molar-refractivity contribution is 9.10. The molecule has 5 heteroatoms. The summed E-state index contributed by atoms with van der Waals surface area (Å²) in [7, 11) is 0. The number of nitrogens with zero attached hydrogens (tertiary/aromatic N) is 1. The molecule has 21 heavy (non-hydrogen) atoms. The van der Waals surface area contributed by atoms with Crippen molar-refractivity contribution in [2.75, 3.05) is 0 Å². The summed E-state index contributed by atoms with van der Waals surface area (Å²) in [5, 5.41) is 2.99. The zero-order valence-electron chi connectivity index (χ0n) is 12.9. The molecule has 0 aliphatic heterocycles. The summed E-state index contributed by atoms with van der Waals surface area (Å²) < 4.78 is 6.32. The van der Waals surface area contributed by atoms with Gasteiger partial charge in [0.1, 0.15) is 5.60 Å². The van der Waals surface area contributed by atoms with E-state index in [9.17, 15) is 4.79 Å². The Labute approximate surface area is 134 Å². The number of ether oxygens (including phenoxy) is 1. The summed E-state index contributed by atoms with van der Waals surface area (Å²) in [6, 6.07) is 4.25. The Hall–Kier alpha value is -1.10. The molecule has 0 bridgehead atoms. The zero-order valence-corrected chi connectivity index (χ0v) is 14.4. The van der Waals surface area contributed by atoms with Crippen LogP contribution in [0.25, 0.3) is 0 Å². The molecule has 1 aliphatic rings. The van der Waals surface area contributed by atoms with E-state index >= 15 is 0 Å². The molecule has 116 valence electrons. The molecule has 1 aromatic heterocycles. The standard InChI is InChI=1S/C16H23BrN2O2/c1-16(2,3)21-15(20)19-13-6-4-5-11(9-13)14-8-7-12(17)10-18-14/h7-8,10-11,13H,4-6,9H2,1-3H3,(H,19,20). The molecule has 0 saturated heterocycles. The van der Waals surface area contributed by atoms with Gasteiger partial charge in [0.15, 0.2) is 0 Å². The fraction of sp³-hybridized carbons (Fsp3) is 0.625. The van der Waals surface area contributed by atoms with Gasteiger partial charge in [0.25, 0.3) is 0 Å². The summed E-state index contributed by atoms with van der Waals surface area (Å²) in [5.41, 5.74) is 0.652. The van der Waals surface area contributed by atoms with E-state index in [1.54, 1.807) is 0 Å². The SMILES string of the molecule is CC(C)(C)OC(=O)NC1CCCC(c2ccc(Br)cn2)C1. The van der Waals surface area contributed by atoms with Crippen molar-refractivity contribution in [1.82, 2.24) is 10.3 Å². The normalized spacial score (nSPS) is 22.7. The maximum Gasteiger partial charge on any atom is 0.407 e. The number of hydrogen-bond acceptors (Lipinski definition) is 3. The van der Waals surface area contributed by atoms with Gasteiger partial charge in [0.05, 0.1) is 0 Å². The van der Waals surface area contributed by atoms with Gasteiger partial charge in [-0.25, -0.2) is 4.79 Å². The molecule has 1 aliphatic carbocycles. The van der Waals surface area contributed by atoms with Gasteiger partial charge in [-0.3, -0.25) is 4.98 Å². The average molecular weight is 355 g/mol. The van der Waals surface area contributed by atoms with Crippen molar-refractivity contribution < 1.29 is 9.53 Å². The van der Waals surface area contributed by atoms with E-state index in [1.807, 2.05) is 33.0 Å². The highest BCUT2D eigenvalue weighted by Crippen LogP contribution is 2.32. The number of alkyl carbamates (subject to hydrolysis) is 1. The van der Waals surface area contributed by atoms with Crippen LogP contribution in [0, 0.1) is 0 Å². The van der Waals surface area contributed by atoms with Gasteiger partial charge >= 0.3 is 6.09 Å². The zero-order chi connectivity index (χ0) is 15.5. The molecule has 0 radical (unpaired) electrons. The predicted molar refractivity (Wildman–Crippen MR) is 86.3 cm³/mol. The third-order valence-electron chi connectivity index (χ3n) is 3.56. The summed E-state index contributed by atoms with van der Waals surface area (Å²) in [4.78, 5) is 16.3. The minimum atomic E-state index is -0.453. The van der Waals surface area contributed by atoms with Gasteiger partial charge in [-0.05, 0) is 68.1 Å². The molecule has 1 N–H and O–H groups in total. The summed E-state index contributed by atoms with van der Waals surface area (Å²) >= 11 is 3.41. The lowest BCUT2D eigenvalue weighted by Gasteiger charge is -2.30. The van der Waals surface area contributed by atoms with E-state index in [0.717, 1.165) is 35.8 Å². The Morgan fingerprint density at radius 1 is 1.38 bits per heavy atom. The van der Waals surface area contributed by atoms with Crippen LogP contribution in [-0.2, 0) is 4.74 Å². The van der Waals surface area contributed by atoms with Crippen molar-refractivity contribution >= 4 is 22.0 Å². The Kier molecular flexibility index (Phi) is 5.25. The van der Waals surface area contributed by atoms with Crippen LogP contribution in [0.15, 0.2) is 22.8 Å². The smallest absolute Gasteiger partial charge is 0.407 e. The van der Waals surface area contributed by atoms with E-state index in [-0.39, 0.29) is 12.1 Å². The van der Waals surface area contributed by atoms with Gasteiger partial charge in [0.2, 0.25) is 0 Å². The predicted octanol–water partition coefficient (Wildman–Crippen LogP) is 4.40. The molecule has 0 aromatic carbocycles. The van der Waals surface area contributed by atoms with Gasteiger partial charge in [-0.2, -0.15) is 0 Å². The molecular formula is C16H23BrN2O2. The lowest BCUT2D eigenvalue weighted by Crippen LogP contribution is -2.41. The highest BCUT2D eigenvalue weighted by Gasteiger charge is 2.26. The fourth-order valence-corrected chi connectivity index (χ4v) is 2.93. The van der Waals surface area contributed by atoms with Crippen LogP contribution < -0.4 is 5.32 Å². The summed E-state index contributed by atoms with van der Waals surface area (Å²) in [5.74, 6) is 0.409. The van der Waals surface area contributed by atoms with E-state index in [0.29, 0.717) is 5.92 Å². The molecule has 0 spiro atoms. The summed E-state index contributed by atoms with van der Waals surface area (Å²) in [6.07, 6.45) is 5.67. The third-order valence-corrected chi connectivity index (χ3v) is 4.03. The van der Waals surface area contributed by atoms with Crippen LogP contribution >= 0.6 is 15.9 Å². The molecule has 4 nitrogen and oxygen atoms in total. The second-order valence-electron chi connectivity index (χ2n) is 6.61. The lowest BCUT2D eigenvalue weighted by atomic mass is 9.83. The molecule has 2 atom stereocenters. The van der Waals surface area contributed by atoms with Crippen LogP contribution in [0.4, 0.5) is 4.79 Å². The lowest BCUT2D eigenvalue weighted by molar-refractivity contribution is 0.0490. The van der Waals surface area contributed by atoms with Crippen LogP contribution in [0.3, 0.4) is 0 Å². The number of nitrogens with one attached hydrogen (secondary N) is 1. The van der Waals surface area contributed by atoms with Crippen molar-refractivity contribution in [3.8, 4) is 0 Å². The first-order valence-electron chi connectivity index (χ1n) is 7.44. The molecule has 2 rings (SSSR count). The van der Waals surface area contributed by atoms with E-state index in [1.165, 1.54) is 0 Å². The quantitative estimate of drug-likeness (QED) is 0.856. The fourth-order valence-electron chi connectivity index (χ4n) is 2.69. The highest BCUT2D eigenvalue weighted by atomic mass is 79.9. The molecule has 1 aromatic rings. The minimum Gasteiger partial charge on any atom is -0.444 e. The summed E-state index contributed by atoms with van der Waals surface area (Å²) in [6.45, 7) is 5.63. The van der Waals surface area contributed by atoms with Crippen molar-refractivity contribution in [3.05, 3.63) is 28.5 Å². The number of hydrogen-bond donors (Lipinski definition) is 1.